The van der Waals surface area contributed by atoms with Crippen molar-refractivity contribution in [3.63, 3.8) is 0 Å². The van der Waals surface area contributed by atoms with Crippen LogP contribution < -0.4 is 10.2 Å². The molecule has 132 valence electrons. The van der Waals surface area contributed by atoms with E-state index in [0.717, 1.165) is 31.7 Å². The molecule has 0 saturated carbocycles. The summed E-state index contributed by atoms with van der Waals surface area (Å²) in [4.78, 5) is 16.6. The van der Waals surface area contributed by atoms with E-state index in [1.807, 2.05) is 6.07 Å². The van der Waals surface area contributed by atoms with Crippen LogP contribution in [0.5, 0.6) is 0 Å². The molecule has 0 aliphatic carbocycles. The van der Waals surface area contributed by atoms with Gasteiger partial charge in [0.25, 0.3) is 0 Å². The topological polar surface area (TPSA) is 35.6 Å². The average Bonchev–Trinajstić information content (AvgIpc) is 2.61. The van der Waals surface area contributed by atoms with Crippen LogP contribution in [-0.2, 0) is 11.3 Å². The summed E-state index contributed by atoms with van der Waals surface area (Å²) in [5.74, 6) is -0.298. The lowest BCUT2D eigenvalue weighted by Crippen LogP contribution is -2.49. The highest BCUT2D eigenvalue weighted by atomic mass is 19.1. The number of carbonyl (C=O) groups excluding carboxylic acids is 1. The number of nitrogens with one attached hydrogen (secondary N) is 1. The Morgan fingerprint density at radius 2 is 1.84 bits per heavy atom. The summed E-state index contributed by atoms with van der Waals surface area (Å²) in [6.45, 7) is 6.44. The minimum absolute atomic E-state index is 0.0198. The number of halogens is 1. The standard InChI is InChI=1S/C20H24FN3O/c1-16-5-2-3-8-19(16)24-11-9-23(10-12-24)15-20(25)22-14-17-6-4-7-18(21)13-17/h2-8,13H,9-12,14-15H2,1H3,(H,22,25). The molecule has 4 nitrogen and oxygen atoms in total. The maximum absolute atomic E-state index is 13.1. The molecule has 0 atom stereocenters. The number of para-hydroxylation sites is 1. The molecule has 0 aromatic heterocycles. The van der Waals surface area contributed by atoms with Crippen molar-refractivity contribution in [3.05, 3.63) is 65.5 Å². The monoisotopic (exact) mass is 341 g/mol. The molecular weight excluding hydrogens is 317 g/mol. The van der Waals surface area contributed by atoms with Crippen LogP contribution in [0.1, 0.15) is 11.1 Å². The lowest BCUT2D eigenvalue weighted by atomic mass is 10.1. The van der Waals surface area contributed by atoms with E-state index in [1.165, 1.54) is 23.4 Å². The van der Waals surface area contributed by atoms with Crippen molar-refractivity contribution in [2.75, 3.05) is 37.6 Å². The van der Waals surface area contributed by atoms with Gasteiger partial charge >= 0.3 is 0 Å². The average molecular weight is 341 g/mol. The van der Waals surface area contributed by atoms with Crippen molar-refractivity contribution in [2.24, 2.45) is 0 Å². The predicted octanol–water partition coefficient (Wildman–Crippen LogP) is 2.57. The lowest BCUT2D eigenvalue weighted by molar-refractivity contribution is -0.122. The van der Waals surface area contributed by atoms with Crippen LogP contribution in [0.3, 0.4) is 0 Å². The third-order valence-electron chi connectivity index (χ3n) is 4.57. The highest BCUT2D eigenvalue weighted by molar-refractivity contribution is 5.78. The molecule has 0 spiro atoms. The van der Waals surface area contributed by atoms with Crippen molar-refractivity contribution < 1.29 is 9.18 Å². The summed E-state index contributed by atoms with van der Waals surface area (Å²) >= 11 is 0. The van der Waals surface area contributed by atoms with Crippen LogP contribution in [0.15, 0.2) is 48.5 Å². The van der Waals surface area contributed by atoms with Crippen LogP contribution in [0.25, 0.3) is 0 Å². The normalized spacial score (nSPS) is 15.2. The molecule has 25 heavy (non-hydrogen) atoms. The summed E-state index contributed by atoms with van der Waals surface area (Å²) in [7, 11) is 0. The summed E-state index contributed by atoms with van der Waals surface area (Å²) in [5, 5.41) is 2.86. The van der Waals surface area contributed by atoms with E-state index in [-0.39, 0.29) is 11.7 Å². The Morgan fingerprint density at radius 1 is 1.08 bits per heavy atom. The van der Waals surface area contributed by atoms with Gasteiger partial charge in [-0.3, -0.25) is 9.69 Å². The molecule has 1 N–H and O–H groups in total. The second-order valence-corrected chi connectivity index (χ2v) is 6.46. The first-order valence-corrected chi connectivity index (χ1v) is 8.66. The van der Waals surface area contributed by atoms with E-state index in [1.54, 1.807) is 6.07 Å². The Hall–Kier alpha value is -2.40. The molecule has 1 amide bonds. The second kappa shape index (κ2) is 8.12. The molecule has 1 fully saturated rings. The molecule has 0 radical (unpaired) electrons. The highest BCUT2D eigenvalue weighted by Gasteiger charge is 2.19. The van der Waals surface area contributed by atoms with Crippen LogP contribution in [0.2, 0.25) is 0 Å². The van der Waals surface area contributed by atoms with Crippen LogP contribution in [0.4, 0.5) is 10.1 Å². The molecular formula is C20H24FN3O. The molecule has 0 unspecified atom stereocenters. The smallest absolute Gasteiger partial charge is 0.234 e. The molecule has 1 saturated heterocycles. The molecule has 5 heteroatoms. The van der Waals surface area contributed by atoms with E-state index in [9.17, 15) is 9.18 Å². The Morgan fingerprint density at radius 3 is 2.56 bits per heavy atom. The number of nitrogens with zero attached hydrogens (tertiary/aromatic N) is 2. The minimum Gasteiger partial charge on any atom is -0.369 e. The van der Waals surface area contributed by atoms with Gasteiger partial charge < -0.3 is 10.2 Å². The van der Waals surface area contributed by atoms with Crippen LogP contribution in [-0.4, -0.2) is 43.5 Å². The quantitative estimate of drug-likeness (QED) is 0.908. The zero-order valence-electron chi connectivity index (χ0n) is 14.5. The molecule has 3 rings (SSSR count). The van der Waals surface area contributed by atoms with Crippen LogP contribution in [0, 0.1) is 12.7 Å². The van der Waals surface area contributed by atoms with Gasteiger partial charge in [-0.05, 0) is 36.2 Å². The Labute approximate surface area is 148 Å². The van der Waals surface area contributed by atoms with Gasteiger partial charge in [0.15, 0.2) is 0 Å². The van der Waals surface area contributed by atoms with Gasteiger partial charge in [0.1, 0.15) is 5.82 Å². The largest absolute Gasteiger partial charge is 0.369 e. The Kier molecular flexibility index (Phi) is 5.66. The molecule has 1 aliphatic rings. The fourth-order valence-corrected chi connectivity index (χ4v) is 3.17. The zero-order valence-corrected chi connectivity index (χ0v) is 14.5. The maximum atomic E-state index is 13.1. The van der Waals surface area contributed by atoms with Crippen molar-refractivity contribution in [2.45, 2.75) is 13.5 Å². The predicted molar refractivity (Wildman–Crippen MR) is 98.1 cm³/mol. The minimum atomic E-state index is -0.279. The Bertz CT molecular complexity index is 726. The van der Waals surface area contributed by atoms with Crippen molar-refractivity contribution in [3.8, 4) is 0 Å². The number of aryl methyl sites for hydroxylation is 1. The van der Waals surface area contributed by atoms with E-state index in [4.69, 9.17) is 0 Å². The first-order valence-electron chi connectivity index (χ1n) is 8.66. The van der Waals surface area contributed by atoms with Gasteiger partial charge in [0.05, 0.1) is 6.54 Å². The van der Waals surface area contributed by atoms with Crippen molar-refractivity contribution >= 4 is 11.6 Å². The third kappa shape index (κ3) is 4.79. The third-order valence-corrected chi connectivity index (χ3v) is 4.57. The van der Waals surface area contributed by atoms with E-state index in [0.29, 0.717) is 13.1 Å². The van der Waals surface area contributed by atoms with Crippen LogP contribution >= 0.6 is 0 Å². The number of benzene rings is 2. The maximum Gasteiger partial charge on any atom is 0.234 e. The summed E-state index contributed by atoms with van der Waals surface area (Å²) < 4.78 is 13.1. The van der Waals surface area contributed by atoms with E-state index in [2.05, 4.69) is 46.3 Å². The van der Waals surface area contributed by atoms with Gasteiger partial charge in [-0.1, -0.05) is 30.3 Å². The van der Waals surface area contributed by atoms with Gasteiger partial charge in [0.2, 0.25) is 5.91 Å². The van der Waals surface area contributed by atoms with Crippen molar-refractivity contribution in [1.29, 1.82) is 0 Å². The number of hydrogen-bond acceptors (Lipinski definition) is 3. The van der Waals surface area contributed by atoms with E-state index < -0.39 is 0 Å². The number of rotatable bonds is 5. The number of amides is 1. The van der Waals surface area contributed by atoms with Gasteiger partial charge in [-0.2, -0.15) is 0 Å². The fraction of sp³-hybridized carbons (Fsp3) is 0.350. The number of carbonyl (C=O) groups is 1. The van der Waals surface area contributed by atoms with Gasteiger partial charge in [0, 0.05) is 38.4 Å². The first-order chi connectivity index (χ1) is 12.1. The number of anilines is 1. The lowest BCUT2D eigenvalue weighted by Gasteiger charge is -2.36. The molecule has 1 aliphatic heterocycles. The summed E-state index contributed by atoms with van der Waals surface area (Å²) in [6.07, 6.45) is 0. The number of hydrogen-bond donors (Lipinski definition) is 1. The first kappa shape index (κ1) is 17.4. The molecule has 0 bridgehead atoms. The van der Waals surface area contributed by atoms with E-state index >= 15 is 0 Å². The van der Waals surface area contributed by atoms with Crippen molar-refractivity contribution in [1.82, 2.24) is 10.2 Å². The van der Waals surface area contributed by atoms with Gasteiger partial charge in [-0.25, -0.2) is 4.39 Å². The summed E-state index contributed by atoms with van der Waals surface area (Å²) in [6, 6.07) is 14.7. The summed E-state index contributed by atoms with van der Waals surface area (Å²) in [5.41, 5.74) is 3.33. The fourth-order valence-electron chi connectivity index (χ4n) is 3.17. The molecule has 2 aromatic rings. The highest BCUT2D eigenvalue weighted by Crippen LogP contribution is 2.20. The second-order valence-electron chi connectivity index (χ2n) is 6.46. The zero-order chi connectivity index (χ0) is 17.6. The number of piperazine rings is 1. The molecule has 1 heterocycles. The Balaban J connectivity index is 1.44. The van der Waals surface area contributed by atoms with Gasteiger partial charge in [-0.15, -0.1) is 0 Å². The SMILES string of the molecule is Cc1ccccc1N1CCN(CC(=O)NCc2cccc(F)c2)CC1. The molecule has 2 aromatic carbocycles.